The van der Waals surface area contributed by atoms with Gasteiger partial charge in [-0.1, -0.05) is 42.3 Å². The quantitative estimate of drug-likeness (QED) is 0.527. The van der Waals surface area contributed by atoms with E-state index >= 15 is 0 Å². The molecular weight excluding hydrogens is 453 g/mol. The van der Waals surface area contributed by atoms with Crippen molar-refractivity contribution in [3.05, 3.63) is 69.2 Å². The number of amides is 2. The Labute approximate surface area is 197 Å². The largest absolute Gasteiger partial charge is 0.481 e. The maximum Gasteiger partial charge on any atom is 0.305 e. The first-order valence-corrected chi connectivity index (χ1v) is 10.7. The lowest BCUT2D eigenvalue weighted by molar-refractivity contribution is -0.136. The second-order valence-electron chi connectivity index (χ2n) is 7.09. The number of carboxylic acids is 1. The number of hydrogen-bond donors (Lipinski definition) is 2. The Morgan fingerprint density at radius 3 is 2.16 bits per heavy atom. The van der Waals surface area contributed by atoms with Gasteiger partial charge in [0.1, 0.15) is 5.71 Å². The smallest absolute Gasteiger partial charge is 0.305 e. The number of benzene rings is 2. The molecule has 2 amide bonds. The second-order valence-corrected chi connectivity index (χ2v) is 7.96. The third-order valence-corrected chi connectivity index (χ3v) is 5.36. The lowest BCUT2D eigenvalue weighted by Gasteiger charge is -2.28. The summed E-state index contributed by atoms with van der Waals surface area (Å²) in [5.41, 5.74) is 2.03. The monoisotopic (exact) mass is 477 g/mol. The van der Waals surface area contributed by atoms with E-state index in [2.05, 4.69) is 10.3 Å². The lowest BCUT2D eigenvalue weighted by atomic mass is 10.00. The first kappa shape index (κ1) is 25.4. The van der Waals surface area contributed by atoms with Crippen LogP contribution in [0.3, 0.4) is 0 Å². The molecule has 0 radical (unpaired) electrons. The van der Waals surface area contributed by atoms with Crippen LogP contribution in [0.1, 0.15) is 47.3 Å². The Kier molecular flexibility index (Phi) is 9.23. The average Bonchev–Trinajstić information content (AvgIpc) is 2.74. The summed E-state index contributed by atoms with van der Waals surface area (Å²) in [4.78, 5) is 41.7. The van der Waals surface area contributed by atoms with Crippen LogP contribution < -0.4 is 5.32 Å². The molecule has 0 spiro atoms. The molecule has 2 rings (SSSR count). The Morgan fingerprint density at radius 1 is 1.06 bits per heavy atom. The SMILES string of the molecule is CC[C@H](c1ccc(C(=O)NCCC(=O)O)cc1)N(C)C(=O)C(=NC)c1cc(Cl)cc(Cl)c1. The minimum Gasteiger partial charge on any atom is -0.481 e. The zero-order valence-electron chi connectivity index (χ0n) is 18.1. The number of carbonyl (C=O) groups is 3. The van der Waals surface area contributed by atoms with E-state index in [0.29, 0.717) is 27.6 Å². The van der Waals surface area contributed by atoms with Gasteiger partial charge in [0.05, 0.1) is 12.5 Å². The molecule has 0 fully saturated rings. The highest BCUT2D eigenvalue weighted by molar-refractivity contribution is 6.46. The Bertz CT molecular complexity index is 1000. The molecule has 0 unspecified atom stereocenters. The summed E-state index contributed by atoms with van der Waals surface area (Å²) < 4.78 is 0. The van der Waals surface area contributed by atoms with Gasteiger partial charge in [0.2, 0.25) is 0 Å². The van der Waals surface area contributed by atoms with Crippen molar-refractivity contribution in [2.45, 2.75) is 25.8 Å². The summed E-state index contributed by atoms with van der Waals surface area (Å²) in [5.74, 6) is -1.61. The van der Waals surface area contributed by atoms with Gasteiger partial charge in [0.25, 0.3) is 11.8 Å². The van der Waals surface area contributed by atoms with E-state index in [4.69, 9.17) is 28.3 Å². The molecule has 0 saturated heterocycles. The molecule has 0 aromatic heterocycles. The first-order chi connectivity index (χ1) is 15.2. The van der Waals surface area contributed by atoms with E-state index in [1.807, 2.05) is 6.92 Å². The van der Waals surface area contributed by atoms with E-state index in [1.165, 1.54) is 7.05 Å². The van der Waals surface area contributed by atoms with Crippen molar-refractivity contribution in [3.63, 3.8) is 0 Å². The van der Waals surface area contributed by atoms with Gasteiger partial charge in [-0.3, -0.25) is 19.4 Å². The zero-order chi connectivity index (χ0) is 23.8. The molecule has 170 valence electrons. The Morgan fingerprint density at radius 2 is 1.66 bits per heavy atom. The number of rotatable bonds is 9. The maximum absolute atomic E-state index is 13.2. The summed E-state index contributed by atoms with van der Waals surface area (Å²) in [6.45, 7) is 2.01. The number of carbonyl (C=O) groups excluding carboxylic acids is 2. The lowest BCUT2D eigenvalue weighted by Crippen LogP contribution is -2.36. The zero-order valence-corrected chi connectivity index (χ0v) is 19.6. The summed E-state index contributed by atoms with van der Waals surface area (Å²) in [6.07, 6.45) is 0.494. The number of hydrogen-bond acceptors (Lipinski definition) is 4. The normalized spacial score (nSPS) is 12.2. The third kappa shape index (κ3) is 6.55. The molecule has 0 aliphatic rings. The molecule has 9 heteroatoms. The topological polar surface area (TPSA) is 99.1 Å². The van der Waals surface area contributed by atoms with Crippen molar-refractivity contribution in [2.24, 2.45) is 4.99 Å². The van der Waals surface area contributed by atoms with Crippen molar-refractivity contribution >= 4 is 46.7 Å². The summed E-state index contributed by atoms with van der Waals surface area (Å²) in [5, 5.41) is 12.1. The summed E-state index contributed by atoms with van der Waals surface area (Å²) in [6, 6.07) is 11.5. The van der Waals surface area contributed by atoms with Gasteiger partial charge in [-0.15, -0.1) is 0 Å². The number of halogens is 2. The minimum atomic E-state index is -0.978. The first-order valence-electron chi connectivity index (χ1n) is 9.98. The van der Waals surface area contributed by atoms with Crippen molar-refractivity contribution in [2.75, 3.05) is 20.6 Å². The van der Waals surface area contributed by atoms with Crippen LogP contribution in [-0.4, -0.2) is 54.1 Å². The van der Waals surface area contributed by atoms with Crippen molar-refractivity contribution in [1.29, 1.82) is 0 Å². The molecule has 2 aromatic rings. The van der Waals surface area contributed by atoms with Gasteiger partial charge in [0, 0.05) is 41.8 Å². The molecular formula is C23H25Cl2N3O4. The number of aliphatic imine (C=N–C) groups is 1. The van der Waals surface area contributed by atoms with Crippen LogP contribution in [-0.2, 0) is 9.59 Å². The van der Waals surface area contributed by atoms with Gasteiger partial charge >= 0.3 is 5.97 Å². The van der Waals surface area contributed by atoms with Crippen LogP contribution in [0.25, 0.3) is 0 Å². The molecule has 0 heterocycles. The highest BCUT2D eigenvalue weighted by atomic mass is 35.5. The van der Waals surface area contributed by atoms with Gasteiger partial charge in [-0.2, -0.15) is 0 Å². The van der Waals surface area contributed by atoms with Crippen LogP contribution >= 0.6 is 23.2 Å². The molecule has 0 saturated carbocycles. The molecule has 2 aromatic carbocycles. The molecule has 0 bridgehead atoms. The number of nitrogens with zero attached hydrogens (tertiary/aromatic N) is 2. The van der Waals surface area contributed by atoms with E-state index < -0.39 is 5.97 Å². The summed E-state index contributed by atoms with van der Waals surface area (Å²) in [7, 11) is 3.23. The number of nitrogens with one attached hydrogen (secondary N) is 1. The van der Waals surface area contributed by atoms with E-state index in [9.17, 15) is 14.4 Å². The molecule has 7 nitrogen and oxygen atoms in total. The molecule has 1 atom stereocenters. The highest BCUT2D eigenvalue weighted by Gasteiger charge is 2.25. The predicted molar refractivity (Wildman–Crippen MR) is 126 cm³/mol. The van der Waals surface area contributed by atoms with Crippen molar-refractivity contribution in [1.82, 2.24) is 10.2 Å². The second kappa shape index (κ2) is 11.6. The molecule has 0 aliphatic heterocycles. The Balaban J connectivity index is 2.18. The number of carboxylic acid groups (broad SMARTS) is 1. The van der Waals surface area contributed by atoms with Crippen molar-refractivity contribution < 1.29 is 19.5 Å². The average molecular weight is 478 g/mol. The van der Waals surface area contributed by atoms with E-state index in [-0.39, 0.29) is 36.5 Å². The summed E-state index contributed by atoms with van der Waals surface area (Å²) >= 11 is 12.2. The van der Waals surface area contributed by atoms with Crippen LogP contribution in [0.5, 0.6) is 0 Å². The van der Waals surface area contributed by atoms with E-state index in [0.717, 1.165) is 5.56 Å². The molecule has 2 N–H and O–H groups in total. The predicted octanol–water partition coefficient (Wildman–Crippen LogP) is 4.23. The van der Waals surface area contributed by atoms with Crippen LogP contribution in [0.15, 0.2) is 47.5 Å². The minimum absolute atomic E-state index is 0.0530. The fraction of sp³-hybridized carbons (Fsp3) is 0.304. The standard InChI is InChI=1S/C23H25Cl2N3O4/c1-4-19(14-5-7-15(8-6-14)22(31)27-10-9-20(29)30)28(3)23(32)21(26-2)16-11-17(24)13-18(25)12-16/h5-8,11-13,19H,4,9-10H2,1-3H3,(H,27,31)(H,29,30)/t19-/m1/s1. The van der Waals surface area contributed by atoms with Gasteiger partial charge < -0.3 is 15.3 Å². The van der Waals surface area contributed by atoms with Gasteiger partial charge in [-0.05, 0) is 42.3 Å². The fourth-order valence-electron chi connectivity index (χ4n) is 3.32. The van der Waals surface area contributed by atoms with Gasteiger partial charge in [0.15, 0.2) is 0 Å². The highest BCUT2D eigenvalue weighted by Crippen LogP contribution is 2.26. The fourth-order valence-corrected chi connectivity index (χ4v) is 3.85. The van der Waals surface area contributed by atoms with Gasteiger partial charge in [-0.25, -0.2) is 0 Å². The third-order valence-electron chi connectivity index (χ3n) is 4.92. The number of aliphatic carboxylic acids is 1. The van der Waals surface area contributed by atoms with Crippen LogP contribution in [0.4, 0.5) is 0 Å². The number of likely N-dealkylation sites (N-methyl/N-ethyl adjacent to an activating group) is 1. The van der Waals surface area contributed by atoms with Crippen LogP contribution in [0, 0.1) is 0 Å². The van der Waals surface area contributed by atoms with Crippen molar-refractivity contribution in [3.8, 4) is 0 Å². The van der Waals surface area contributed by atoms with Crippen LogP contribution in [0.2, 0.25) is 10.0 Å². The molecule has 0 aliphatic carbocycles. The van der Waals surface area contributed by atoms with E-state index in [1.54, 1.807) is 54.4 Å². The Hall–Kier alpha value is -2.90. The molecule has 32 heavy (non-hydrogen) atoms. The maximum atomic E-state index is 13.2.